The van der Waals surface area contributed by atoms with Crippen LogP contribution in [0.3, 0.4) is 0 Å². The van der Waals surface area contributed by atoms with E-state index in [0.29, 0.717) is 37.5 Å². The van der Waals surface area contributed by atoms with Gasteiger partial charge >= 0.3 is 0 Å². The molecular formula is C31H50O3. The Balaban J connectivity index is 5.43. The van der Waals surface area contributed by atoms with E-state index in [1.165, 1.54) is 0 Å². The molecule has 0 N–H and O–H groups in total. The standard InChI is InChI=1S/C31H50O3/c1-10-12-14-24(7)17-27(30(33)13-11-2)18-25(8)21-31(34)29(23(5)6)20-26(9)19-28(32)16-15-22(3)4/h10-13,18,20,22-26H,14-17,19,21H2,1-9H3/b12-10?,13-11+,27-18?,29-20?. The maximum absolute atomic E-state index is 13.2. The summed E-state index contributed by atoms with van der Waals surface area (Å²) in [6.45, 7) is 18.3. The molecule has 0 bridgehead atoms. The average molecular weight is 471 g/mol. The Morgan fingerprint density at radius 2 is 1.38 bits per heavy atom. The summed E-state index contributed by atoms with van der Waals surface area (Å²) in [4.78, 5) is 38.1. The lowest BCUT2D eigenvalue weighted by Crippen LogP contribution is -2.15. The van der Waals surface area contributed by atoms with Gasteiger partial charge in [0.15, 0.2) is 11.6 Å². The second kappa shape index (κ2) is 17.4. The minimum Gasteiger partial charge on any atom is -0.300 e. The number of ketones is 3. The molecule has 0 aliphatic carbocycles. The van der Waals surface area contributed by atoms with Crippen LogP contribution in [-0.2, 0) is 14.4 Å². The zero-order valence-corrected chi connectivity index (χ0v) is 23.3. The molecule has 0 rings (SSSR count). The first kappa shape index (κ1) is 32.0. The third kappa shape index (κ3) is 14.3. The van der Waals surface area contributed by atoms with Crippen LogP contribution in [-0.4, -0.2) is 17.3 Å². The first-order valence-corrected chi connectivity index (χ1v) is 13.2. The lowest BCUT2D eigenvalue weighted by molar-refractivity contribution is -0.120. The predicted octanol–water partition coefficient (Wildman–Crippen LogP) is 8.26. The summed E-state index contributed by atoms with van der Waals surface area (Å²) in [6, 6.07) is 0. The summed E-state index contributed by atoms with van der Waals surface area (Å²) in [5.74, 6) is 1.40. The molecule has 0 saturated heterocycles. The molecule has 192 valence electrons. The summed E-state index contributed by atoms with van der Waals surface area (Å²) < 4.78 is 0. The molecule has 0 aromatic rings. The summed E-state index contributed by atoms with van der Waals surface area (Å²) in [7, 11) is 0. The van der Waals surface area contributed by atoms with Crippen molar-refractivity contribution in [2.45, 2.75) is 101 Å². The highest BCUT2D eigenvalue weighted by Gasteiger charge is 2.19. The number of hydrogen-bond acceptors (Lipinski definition) is 3. The summed E-state index contributed by atoms with van der Waals surface area (Å²) in [6.07, 6.45) is 15.5. The second-order valence-corrected chi connectivity index (χ2v) is 10.7. The Bertz CT molecular complexity index is 762. The van der Waals surface area contributed by atoms with Crippen LogP contribution in [0, 0.1) is 29.6 Å². The van der Waals surface area contributed by atoms with Crippen LogP contribution in [0.2, 0.25) is 0 Å². The lowest BCUT2D eigenvalue weighted by Gasteiger charge is -2.17. The van der Waals surface area contributed by atoms with E-state index in [-0.39, 0.29) is 35.1 Å². The Morgan fingerprint density at radius 1 is 0.765 bits per heavy atom. The number of carbonyl (C=O) groups is 3. The van der Waals surface area contributed by atoms with Gasteiger partial charge in [0.1, 0.15) is 5.78 Å². The van der Waals surface area contributed by atoms with E-state index in [1.54, 1.807) is 12.2 Å². The molecule has 0 saturated carbocycles. The number of allylic oxidation sites excluding steroid dienone is 8. The molecule has 3 nitrogen and oxygen atoms in total. The zero-order chi connectivity index (χ0) is 26.3. The SMILES string of the molecule is CC=CCC(C)CC(=CC(C)CC(=O)C(=CC(C)CC(=O)CCC(C)C)C(C)C)C(=O)/C=C/C. The Labute approximate surface area is 209 Å². The van der Waals surface area contributed by atoms with E-state index in [4.69, 9.17) is 0 Å². The number of Topliss-reactive ketones (excluding diaryl/α,β-unsaturated/α-hetero) is 2. The molecule has 3 unspecified atom stereocenters. The van der Waals surface area contributed by atoms with Crippen molar-refractivity contribution in [1.82, 2.24) is 0 Å². The molecule has 0 aliphatic heterocycles. The third-order valence-corrected chi connectivity index (χ3v) is 5.93. The van der Waals surface area contributed by atoms with Gasteiger partial charge in [-0.3, -0.25) is 14.4 Å². The van der Waals surface area contributed by atoms with Crippen molar-refractivity contribution in [2.24, 2.45) is 29.6 Å². The van der Waals surface area contributed by atoms with E-state index in [2.05, 4.69) is 26.8 Å². The van der Waals surface area contributed by atoms with Crippen molar-refractivity contribution in [3.05, 3.63) is 47.6 Å². The zero-order valence-electron chi connectivity index (χ0n) is 23.3. The van der Waals surface area contributed by atoms with Gasteiger partial charge in [-0.2, -0.15) is 0 Å². The summed E-state index contributed by atoms with van der Waals surface area (Å²) in [5, 5.41) is 0. The van der Waals surface area contributed by atoms with Gasteiger partial charge in [-0.05, 0) is 79.9 Å². The van der Waals surface area contributed by atoms with Crippen LogP contribution in [0.1, 0.15) is 101 Å². The molecule has 0 fully saturated rings. The maximum Gasteiger partial charge on any atom is 0.181 e. The van der Waals surface area contributed by atoms with Gasteiger partial charge in [-0.25, -0.2) is 0 Å². The van der Waals surface area contributed by atoms with Gasteiger partial charge in [-0.15, -0.1) is 0 Å². The monoisotopic (exact) mass is 470 g/mol. The Morgan fingerprint density at radius 3 is 1.91 bits per heavy atom. The molecule has 0 heterocycles. The predicted molar refractivity (Wildman–Crippen MR) is 146 cm³/mol. The normalized spacial score (nSPS) is 16.0. The summed E-state index contributed by atoms with van der Waals surface area (Å²) >= 11 is 0. The van der Waals surface area contributed by atoms with E-state index >= 15 is 0 Å². The Hall–Kier alpha value is -2.03. The fourth-order valence-electron chi connectivity index (χ4n) is 4.03. The number of carbonyl (C=O) groups excluding carboxylic acids is 3. The van der Waals surface area contributed by atoms with Crippen molar-refractivity contribution < 1.29 is 14.4 Å². The highest BCUT2D eigenvalue weighted by Crippen LogP contribution is 2.24. The molecule has 34 heavy (non-hydrogen) atoms. The van der Waals surface area contributed by atoms with Crippen molar-refractivity contribution in [3.8, 4) is 0 Å². The molecule has 3 heteroatoms. The van der Waals surface area contributed by atoms with Crippen LogP contribution in [0.5, 0.6) is 0 Å². The molecular weight excluding hydrogens is 420 g/mol. The topological polar surface area (TPSA) is 51.2 Å². The summed E-state index contributed by atoms with van der Waals surface area (Å²) in [5.41, 5.74) is 1.58. The van der Waals surface area contributed by atoms with Crippen LogP contribution < -0.4 is 0 Å². The van der Waals surface area contributed by atoms with Crippen molar-refractivity contribution >= 4 is 17.3 Å². The Kier molecular flexibility index (Phi) is 16.4. The van der Waals surface area contributed by atoms with Crippen LogP contribution in [0.15, 0.2) is 47.6 Å². The number of rotatable bonds is 17. The molecule has 0 aromatic carbocycles. The average Bonchev–Trinajstić information content (AvgIpc) is 2.73. The van der Waals surface area contributed by atoms with Crippen molar-refractivity contribution in [3.63, 3.8) is 0 Å². The quantitative estimate of drug-likeness (QED) is 0.159. The van der Waals surface area contributed by atoms with E-state index in [0.717, 1.165) is 24.0 Å². The number of hydrogen-bond donors (Lipinski definition) is 0. The minimum atomic E-state index is -0.0317. The fourth-order valence-corrected chi connectivity index (χ4v) is 4.03. The van der Waals surface area contributed by atoms with Crippen LogP contribution >= 0.6 is 0 Å². The smallest absolute Gasteiger partial charge is 0.181 e. The van der Waals surface area contributed by atoms with Gasteiger partial charge < -0.3 is 0 Å². The highest BCUT2D eigenvalue weighted by atomic mass is 16.1. The van der Waals surface area contributed by atoms with Gasteiger partial charge in [0.25, 0.3) is 0 Å². The maximum atomic E-state index is 13.2. The van der Waals surface area contributed by atoms with Gasteiger partial charge in [0.05, 0.1) is 0 Å². The molecule has 0 aromatic heterocycles. The lowest BCUT2D eigenvalue weighted by atomic mass is 9.87. The van der Waals surface area contributed by atoms with E-state index in [9.17, 15) is 14.4 Å². The fraction of sp³-hybridized carbons (Fsp3) is 0.645. The van der Waals surface area contributed by atoms with E-state index < -0.39 is 0 Å². The molecule has 0 amide bonds. The van der Waals surface area contributed by atoms with Crippen molar-refractivity contribution in [1.29, 1.82) is 0 Å². The van der Waals surface area contributed by atoms with Gasteiger partial charge in [0, 0.05) is 19.3 Å². The van der Waals surface area contributed by atoms with Crippen molar-refractivity contribution in [2.75, 3.05) is 0 Å². The second-order valence-electron chi connectivity index (χ2n) is 10.7. The largest absolute Gasteiger partial charge is 0.300 e. The minimum absolute atomic E-state index is 0.0299. The first-order valence-electron chi connectivity index (χ1n) is 13.2. The first-order chi connectivity index (χ1) is 15.9. The molecule has 0 aliphatic rings. The van der Waals surface area contributed by atoms with Crippen LogP contribution in [0.4, 0.5) is 0 Å². The highest BCUT2D eigenvalue weighted by molar-refractivity contribution is 6.04. The molecule has 3 atom stereocenters. The van der Waals surface area contributed by atoms with E-state index in [1.807, 2.05) is 59.8 Å². The third-order valence-electron chi connectivity index (χ3n) is 5.93. The molecule has 0 spiro atoms. The van der Waals surface area contributed by atoms with Gasteiger partial charge in [-0.1, -0.05) is 78.8 Å². The molecule has 0 radical (unpaired) electrons. The van der Waals surface area contributed by atoms with Crippen LogP contribution in [0.25, 0.3) is 0 Å². The van der Waals surface area contributed by atoms with Gasteiger partial charge in [0.2, 0.25) is 0 Å².